The van der Waals surface area contributed by atoms with Gasteiger partial charge in [0.15, 0.2) is 5.76 Å². The summed E-state index contributed by atoms with van der Waals surface area (Å²) in [6, 6.07) is 10.2. The predicted octanol–water partition coefficient (Wildman–Crippen LogP) is 3.50. The number of carbonyl (C=O) groups excluding carboxylic acids is 2. The van der Waals surface area contributed by atoms with Gasteiger partial charge in [-0.1, -0.05) is 48.5 Å². The van der Waals surface area contributed by atoms with Crippen LogP contribution in [-0.4, -0.2) is 61.0 Å². The maximum absolute atomic E-state index is 15.0. The Bertz CT molecular complexity index is 1440. The second kappa shape index (κ2) is 11.1. The zero-order valence-electron chi connectivity index (χ0n) is 21.3. The van der Waals surface area contributed by atoms with Crippen LogP contribution >= 0.6 is 0 Å². The Kier molecular flexibility index (Phi) is 7.44. The van der Waals surface area contributed by atoms with Crippen molar-refractivity contribution in [2.45, 2.75) is 50.9 Å². The van der Waals surface area contributed by atoms with Gasteiger partial charge in [0, 0.05) is 23.6 Å². The molecule has 0 aliphatic carbocycles. The molecule has 5 rings (SSSR count). The highest BCUT2D eigenvalue weighted by atomic mass is 19.1. The van der Waals surface area contributed by atoms with E-state index >= 15 is 0 Å². The molecule has 1 aliphatic rings. The van der Waals surface area contributed by atoms with Crippen LogP contribution in [0, 0.1) is 5.95 Å². The molecule has 10 nitrogen and oxygen atoms in total. The quantitative estimate of drug-likeness (QED) is 0.330. The molecule has 1 fully saturated rings. The highest BCUT2D eigenvalue weighted by Gasteiger charge is 2.40. The molecule has 0 spiro atoms. The number of alkyl halides is 1. The third-order valence-corrected chi connectivity index (χ3v) is 6.73. The number of hydrogen-bond acceptors (Lipinski definition) is 7. The molecule has 39 heavy (non-hydrogen) atoms. The Morgan fingerprint density at radius 1 is 1.23 bits per heavy atom. The predicted molar refractivity (Wildman–Crippen MR) is 135 cm³/mol. The summed E-state index contributed by atoms with van der Waals surface area (Å²) in [5, 5.41) is 16.5. The van der Waals surface area contributed by atoms with Gasteiger partial charge < -0.3 is 14.7 Å². The van der Waals surface area contributed by atoms with Crippen molar-refractivity contribution < 1.29 is 22.9 Å². The molecule has 2 amide bonds. The van der Waals surface area contributed by atoms with Gasteiger partial charge in [-0.15, -0.1) is 5.10 Å². The lowest BCUT2D eigenvalue weighted by atomic mass is 9.97. The lowest BCUT2D eigenvalue weighted by molar-refractivity contribution is -0.138. The first-order valence-electron chi connectivity index (χ1n) is 12.6. The lowest BCUT2D eigenvalue weighted by Gasteiger charge is -2.27. The number of carbonyl (C=O) groups is 2. The van der Waals surface area contributed by atoms with Crippen molar-refractivity contribution in [3.8, 4) is 11.3 Å². The van der Waals surface area contributed by atoms with E-state index in [1.54, 1.807) is 36.4 Å². The number of aromatic amines is 1. The molecular weight excluding hydrogens is 508 g/mol. The summed E-state index contributed by atoms with van der Waals surface area (Å²) in [5.74, 6) is -1.22. The highest BCUT2D eigenvalue weighted by molar-refractivity contribution is 5.89. The molecule has 3 aromatic heterocycles. The monoisotopic (exact) mass is 535 g/mol. The number of H-pyrrole nitrogens is 1. The Labute approximate surface area is 222 Å². The van der Waals surface area contributed by atoms with Crippen molar-refractivity contribution in [2.75, 3.05) is 6.54 Å². The first kappa shape index (κ1) is 26.1. The SMILES string of the molecule is CC(C)c1ccc([C@@H](NC(=O)[C@@H]2C[C@@H](F)CN2C(=O)Cc2cnn[nH]2)c2cccc(-c3ccno3)c2)nc1F. The lowest BCUT2D eigenvalue weighted by Crippen LogP contribution is -2.47. The van der Waals surface area contributed by atoms with Gasteiger partial charge in [0.05, 0.1) is 42.8 Å². The molecule has 0 bridgehead atoms. The number of likely N-dealkylation sites (tertiary alicyclic amines) is 1. The number of halogens is 2. The largest absolute Gasteiger partial charge is 0.356 e. The standard InChI is InChI=1S/C27H27F2N7O3/c1-15(2)20-6-7-21(32-26(20)29)25(17-5-3-4-16(10-17)23-8-9-31-39-23)33-27(38)22-11-18(28)14-36(22)24(37)12-19-13-30-35-34-19/h3-10,13,15,18,22,25H,11-12,14H2,1-2H3,(H,33,38)(H,30,34,35)/t18-,22+,25+/m1/s1. The van der Waals surface area contributed by atoms with Crippen LogP contribution in [0.4, 0.5) is 8.78 Å². The molecule has 1 aliphatic heterocycles. The van der Waals surface area contributed by atoms with Crippen molar-refractivity contribution in [1.82, 2.24) is 35.8 Å². The van der Waals surface area contributed by atoms with Crippen LogP contribution in [-0.2, 0) is 16.0 Å². The minimum absolute atomic E-state index is 0.0843. The summed E-state index contributed by atoms with van der Waals surface area (Å²) < 4.78 is 34.7. The van der Waals surface area contributed by atoms with E-state index in [1.165, 1.54) is 17.3 Å². The molecule has 4 heterocycles. The van der Waals surface area contributed by atoms with Gasteiger partial charge in [-0.05, 0) is 23.6 Å². The molecule has 3 atom stereocenters. The maximum Gasteiger partial charge on any atom is 0.243 e. The van der Waals surface area contributed by atoms with Gasteiger partial charge in [-0.25, -0.2) is 9.37 Å². The van der Waals surface area contributed by atoms with Crippen molar-refractivity contribution in [1.29, 1.82) is 0 Å². The fraction of sp³-hybridized carbons (Fsp3) is 0.333. The number of rotatable bonds is 8. The zero-order valence-corrected chi connectivity index (χ0v) is 21.3. The van der Waals surface area contributed by atoms with E-state index in [9.17, 15) is 18.4 Å². The average molecular weight is 536 g/mol. The average Bonchev–Trinajstić information content (AvgIpc) is 3.69. The Morgan fingerprint density at radius 2 is 2.08 bits per heavy atom. The van der Waals surface area contributed by atoms with E-state index in [0.29, 0.717) is 28.1 Å². The molecule has 1 saturated heterocycles. The van der Waals surface area contributed by atoms with Crippen LogP contribution < -0.4 is 5.32 Å². The second-order valence-electron chi connectivity index (χ2n) is 9.77. The number of benzene rings is 1. The van der Waals surface area contributed by atoms with Crippen LogP contribution in [0.3, 0.4) is 0 Å². The third kappa shape index (κ3) is 5.69. The Balaban J connectivity index is 1.46. The van der Waals surface area contributed by atoms with Gasteiger partial charge in [0.1, 0.15) is 12.2 Å². The van der Waals surface area contributed by atoms with Gasteiger partial charge in [-0.2, -0.15) is 4.39 Å². The van der Waals surface area contributed by atoms with E-state index in [4.69, 9.17) is 4.52 Å². The third-order valence-electron chi connectivity index (χ3n) is 6.73. The number of nitrogens with one attached hydrogen (secondary N) is 2. The highest BCUT2D eigenvalue weighted by Crippen LogP contribution is 2.29. The number of pyridine rings is 1. The topological polar surface area (TPSA) is 130 Å². The van der Waals surface area contributed by atoms with Crippen molar-refractivity contribution in [2.24, 2.45) is 0 Å². The van der Waals surface area contributed by atoms with Crippen LogP contribution in [0.5, 0.6) is 0 Å². The van der Waals surface area contributed by atoms with Gasteiger partial charge >= 0.3 is 0 Å². The van der Waals surface area contributed by atoms with Gasteiger partial charge in [0.25, 0.3) is 0 Å². The number of hydrogen-bond donors (Lipinski definition) is 2. The van der Waals surface area contributed by atoms with Crippen molar-refractivity contribution in [3.05, 3.63) is 83.3 Å². The molecule has 2 N–H and O–H groups in total. The Morgan fingerprint density at radius 3 is 2.77 bits per heavy atom. The van der Waals surface area contributed by atoms with Crippen molar-refractivity contribution in [3.63, 3.8) is 0 Å². The fourth-order valence-electron chi connectivity index (χ4n) is 4.73. The number of amides is 2. The first-order valence-corrected chi connectivity index (χ1v) is 12.6. The summed E-state index contributed by atoms with van der Waals surface area (Å²) >= 11 is 0. The summed E-state index contributed by atoms with van der Waals surface area (Å²) in [6.07, 6.45) is 1.29. The van der Waals surface area contributed by atoms with Crippen LogP contribution in [0.25, 0.3) is 11.3 Å². The van der Waals surface area contributed by atoms with Crippen LogP contribution in [0.1, 0.15) is 54.7 Å². The van der Waals surface area contributed by atoms with E-state index in [0.717, 1.165) is 0 Å². The minimum atomic E-state index is -1.36. The smallest absolute Gasteiger partial charge is 0.243 e. The summed E-state index contributed by atoms with van der Waals surface area (Å²) in [5.41, 5.74) is 2.45. The molecule has 12 heteroatoms. The first-order chi connectivity index (χ1) is 18.8. The molecular formula is C27H27F2N7O3. The number of aromatic nitrogens is 5. The van der Waals surface area contributed by atoms with Crippen molar-refractivity contribution >= 4 is 11.8 Å². The van der Waals surface area contributed by atoms with E-state index in [-0.39, 0.29) is 31.0 Å². The summed E-state index contributed by atoms with van der Waals surface area (Å²) in [7, 11) is 0. The molecule has 0 saturated carbocycles. The summed E-state index contributed by atoms with van der Waals surface area (Å²) in [6.45, 7) is 3.51. The zero-order chi connectivity index (χ0) is 27.5. The van der Waals surface area contributed by atoms with E-state index in [1.807, 2.05) is 19.9 Å². The molecule has 0 unspecified atom stereocenters. The minimum Gasteiger partial charge on any atom is -0.356 e. The normalized spacial score (nSPS) is 17.9. The van der Waals surface area contributed by atoms with E-state index in [2.05, 4.69) is 30.9 Å². The molecule has 0 radical (unpaired) electrons. The van der Waals surface area contributed by atoms with Crippen LogP contribution in [0.15, 0.2) is 59.4 Å². The van der Waals surface area contributed by atoms with Gasteiger partial charge in [-0.3, -0.25) is 14.7 Å². The van der Waals surface area contributed by atoms with Gasteiger partial charge in [0.2, 0.25) is 17.8 Å². The Hall–Kier alpha value is -4.48. The fourth-order valence-corrected chi connectivity index (χ4v) is 4.73. The molecule has 1 aromatic carbocycles. The maximum atomic E-state index is 15.0. The molecule has 202 valence electrons. The number of nitrogens with zero attached hydrogens (tertiary/aromatic N) is 5. The summed E-state index contributed by atoms with van der Waals surface area (Å²) in [4.78, 5) is 31.9. The molecule has 4 aromatic rings. The van der Waals surface area contributed by atoms with Crippen LogP contribution in [0.2, 0.25) is 0 Å². The second-order valence-corrected chi connectivity index (χ2v) is 9.77. The van der Waals surface area contributed by atoms with E-state index < -0.39 is 36.0 Å².